The fourth-order valence-corrected chi connectivity index (χ4v) is 3.27. The van der Waals surface area contributed by atoms with Crippen LogP contribution in [0, 0.1) is 13.8 Å². The van der Waals surface area contributed by atoms with Crippen LogP contribution in [-0.2, 0) is 0 Å². The predicted molar refractivity (Wildman–Crippen MR) is 93.7 cm³/mol. The summed E-state index contributed by atoms with van der Waals surface area (Å²) < 4.78 is 3.84. The number of carbonyl (C=O) groups is 1. The topological polar surface area (TPSA) is 87.1 Å². The van der Waals surface area contributed by atoms with Gasteiger partial charge < -0.3 is 15.1 Å². The van der Waals surface area contributed by atoms with Crippen molar-refractivity contribution in [3.63, 3.8) is 0 Å². The molecule has 2 aromatic rings. The standard InChI is InChI=1S/C15H21N7OS/c1-4-16-12-9-10(2)17-15(18-12)22-7-5-21(6-8-22)14(23)13-11(3)19-20-24-13/h9H,4-8H2,1-3H3,(H,16,17,18). The molecule has 0 atom stereocenters. The predicted octanol–water partition coefficient (Wildman–Crippen LogP) is 1.34. The summed E-state index contributed by atoms with van der Waals surface area (Å²) >= 11 is 1.16. The maximum absolute atomic E-state index is 12.5. The van der Waals surface area contributed by atoms with E-state index in [1.165, 1.54) is 0 Å². The van der Waals surface area contributed by atoms with Crippen LogP contribution in [0.4, 0.5) is 11.8 Å². The van der Waals surface area contributed by atoms with Crippen LogP contribution in [0.2, 0.25) is 0 Å². The van der Waals surface area contributed by atoms with Crippen LogP contribution in [0.15, 0.2) is 6.07 Å². The molecular weight excluding hydrogens is 326 g/mol. The number of aromatic nitrogens is 4. The Bertz CT molecular complexity index is 724. The van der Waals surface area contributed by atoms with Gasteiger partial charge in [-0.2, -0.15) is 4.98 Å². The third kappa shape index (κ3) is 3.45. The fraction of sp³-hybridized carbons (Fsp3) is 0.533. The average Bonchev–Trinajstić information content (AvgIpc) is 3.00. The molecule has 0 saturated carbocycles. The van der Waals surface area contributed by atoms with Gasteiger partial charge in [0.05, 0.1) is 5.69 Å². The fourth-order valence-electron chi connectivity index (χ4n) is 2.65. The lowest BCUT2D eigenvalue weighted by molar-refractivity contribution is 0.0750. The molecule has 8 nitrogen and oxygen atoms in total. The van der Waals surface area contributed by atoms with Crippen molar-refractivity contribution in [1.29, 1.82) is 0 Å². The van der Waals surface area contributed by atoms with Crippen molar-refractivity contribution in [2.45, 2.75) is 20.8 Å². The molecule has 3 rings (SSSR count). The van der Waals surface area contributed by atoms with E-state index in [1.807, 2.05) is 31.7 Å². The molecule has 3 heterocycles. The first-order valence-electron chi connectivity index (χ1n) is 8.01. The second-order valence-electron chi connectivity index (χ2n) is 5.69. The van der Waals surface area contributed by atoms with Gasteiger partial charge in [-0.05, 0) is 32.3 Å². The van der Waals surface area contributed by atoms with Gasteiger partial charge in [0.15, 0.2) is 0 Å². The zero-order valence-corrected chi connectivity index (χ0v) is 14.9. The molecule has 128 valence electrons. The van der Waals surface area contributed by atoms with Crippen LogP contribution < -0.4 is 10.2 Å². The molecular formula is C15H21N7OS. The number of anilines is 2. The maximum Gasteiger partial charge on any atom is 0.267 e. The van der Waals surface area contributed by atoms with Gasteiger partial charge in [-0.3, -0.25) is 4.79 Å². The van der Waals surface area contributed by atoms with Crippen LogP contribution in [0.5, 0.6) is 0 Å². The number of rotatable bonds is 4. The van der Waals surface area contributed by atoms with E-state index in [1.54, 1.807) is 0 Å². The van der Waals surface area contributed by atoms with Crippen molar-refractivity contribution in [3.8, 4) is 0 Å². The summed E-state index contributed by atoms with van der Waals surface area (Å²) in [5.74, 6) is 1.57. The third-order valence-corrected chi connectivity index (χ3v) is 4.71. The van der Waals surface area contributed by atoms with Crippen LogP contribution in [-0.4, -0.2) is 63.1 Å². The minimum absolute atomic E-state index is 0.0145. The molecule has 2 aromatic heterocycles. The van der Waals surface area contributed by atoms with Gasteiger partial charge in [0, 0.05) is 44.5 Å². The molecule has 0 radical (unpaired) electrons. The molecule has 0 aromatic carbocycles. The van der Waals surface area contributed by atoms with E-state index in [2.05, 4.69) is 29.8 Å². The Morgan fingerprint density at radius 1 is 1.25 bits per heavy atom. The minimum atomic E-state index is 0.0145. The summed E-state index contributed by atoms with van der Waals surface area (Å²) in [5, 5.41) is 7.14. The highest BCUT2D eigenvalue weighted by Gasteiger charge is 2.26. The van der Waals surface area contributed by atoms with Gasteiger partial charge in [0.2, 0.25) is 5.95 Å². The highest BCUT2D eigenvalue weighted by atomic mass is 32.1. The van der Waals surface area contributed by atoms with Crippen LogP contribution >= 0.6 is 11.5 Å². The Hall–Kier alpha value is -2.29. The number of nitrogens with one attached hydrogen (secondary N) is 1. The second kappa shape index (κ2) is 7.08. The molecule has 1 aliphatic rings. The van der Waals surface area contributed by atoms with E-state index in [9.17, 15) is 4.79 Å². The molecule has 0 unspecified atom stereocenters. The van der Waals surface area contributed by atoms with E-state index in [4.69, 9.17) is 0 Å². The van der Waals surface area contributed by atoms with E-state index < -0.39 is 0 Å². The molecule has 24 heavy (non-hydrogen) atoms. The summed E-state index contributed by atoms with van der Waals surface area (Å²) in [6, 6.07) is 1.94. The molecule has 1 fully saturated rings. The van der Waals surface area contributed by atoms with Crippen molar-refractivity contribution in [3.05, 3.63) is 22.3 Å². The highest BCUT2D eigenvalue weighted by molar-refractivity contribution is 7.07. The molecule has 0 spiro atoms. The van der Waals surface area contributed by atoms with Gasteiger partial charge in [0.25, 0.3) is 5.91 Å². The number of amides is 1. The Labute approximate surface area is 145 Å². The summed E-state index contributed by atoms with van der Waals surface area (Å²) in [4.78, 5) is 26.2. The van der Waals surface area contributed by atoms with E-state index in [-0.39, 0.29) is 5.91 Å². The first-order valence-corrected chi connectivity index (χ1v) is 8.78. The highest BCUT2D eigenvalue weighted by Crippen LogP contribution is 2.18. The zero-order valence-electron chi connectivity index (χ0n) is 14.1. The van der Waals surface area contributed by atoms with Crippen molar-refractivity contribution >= 4 is 29.2 Å². The first kappa shape index (κ1) is 16.6. The Balaban J connectivity index is 1.67. The van der Waals surface area contributed by atoms with E-state index >= 15 is 0 Å². The molecule has 1 N–H and O–H groups in total. The Morgan fingerprint density at radius 2 is 2.00 bits per heavy atom. The number of hydrogen-bond donors (Lipinski definition) is 1. The largest absolute Gasteiger partial charge is 0.370 e. The SMILES string of the molecule is CCNc1cc(C)nc(N2CCN(C(=O)c3snnc3C)CC2)n1. The number of hydrogen-bond acceptors (Lipinski definition) is 8. The maximum atomic E-state index is 12.5. The number of aryl methyl sites for hydroxylation is 2. The first-order chi connectivity index (χ1) is 11.6. The minimum Gasteiger partial charge on any atom is -0.370 e. The molecule has 9 heteroatoms. The summed E-state index contributed by atoms with van der Waals surface area (Å²) in [6.45, 7) is 9.35. The summed E-state index contributed by atoms with van der Waals surface area (Å²) in [5.41, 5.74) is 1.63. The number of piperazine rings is 1. The van der Waals surface area contributed by atoms with Gasteiger partial charge in [-0.25, -0.2) is 4.98 Å². The normalized spacial score (nSPS) is 14.8. The van der Waals surface area contributed by atoms with E-state index in [0.717, 1.165) is 29.6 Å². The van der Waals surface area contributed by atoms with Crippen molar-refractivity contribution in [2.75, 3.05) is 42.9 Å². The molecule has 0 aliphatic carbocycles. The monoisotopic (exact) mass is 347 g/mol. The molecule has 1 aliphatic heterocycles. The Kier molecular flexibility index (Phi) is 4.89. The summed E-state index contributed by atoms with van der Waals surface area (Å²) in [7, 11) is 0. The average molecular weight is 347 g/mol. The lowest BCUT2D eigenvalue weighted by Gasteiger charge is -2.34. The second-order valence-corrected chi connectivity index (χ2v) is 6.45. The van der Waals surface area contributed by atoms with Gasteiger partial charge in [-0.15, -0.1) is 5.10 Å². The lowest BCUT2D eigenvalue weighted by atomic mass is 10.3. The van der Waals surface area contributed by atoms with Gasteiger partial charge >= 0.3 is 0 Å². The smallest absolute Gasteiger partial charge is 0.267 e. The van der Waals surface area contributed by atoms with Crippen molar-refractivity contribution in [1.82, 2.24) is 24.5 Å². The Morgan fingerprint density at radius 3 is 2.62 bits per heavy atom. The quantitative estimate of drug-likeness (QED) is 0.893. The van der Waals surface area contributed by atoms with Crippen molar-refractivity contribution in [2.24, 2.45) is 0 Å². The number of nitrogens with zero attached hydrogens (tertiary/aromatic N) is 6. The van der Waals surface area contributed by atoms with E-state index in [0.29, 0.717) is 42.7 Å². The molecule has 0 bridgehead atoms. The van der Waals surface area contributed by atoms with Crippen molar-refractivity contribution < 1.29 is 4.79 Å². The molecule has 1 amide bonds. The van der Waals surface area contributed by atoms with Gasteiger partial charge in [-0.1, -0.05) is 4.49 Å². The van der Waals surface area contributed by atoms with Crippen LogP contribution in [0.1, 0.15) is 28.0 Å². The number of carbonyl (C=O) groups excluding carboxylic acids is 1. The lowest BCUT2D eigenvalue weighted by Crippen LogP contribution is -2.49. The molecule has 1 saturated heterocycles. The zero-order chi connectivity index (χ0) is 17.1. The van der Waals surface area contributed by atoms with Crippen LogP contribution in [0.25, 0.3) is 0 Å². The van der Waals surface area contributed by atoms with Gasteiger partial charge in [0.1, 0.15) is 10.7 Å². The van der Waals surface area contributed by atoms with Crippen LogP contribution in [0.3, 0.4) is 0 Å². The summed E-state index contributed by atoms with van der Waals surface area (Å²) in [6.07, 6.45) is 0. The third-order valence-electron chi connectivity index (χ3n) is 3.90.